The van der Waals surface area contributed by atoms with Gasteiger partial charge in [0.2, 0.25) is 11.9 Å². The fourth-order valence-corrected chi connectivity index (χ4v) is 1.88. The van der Waals surface area contributed by atoms with Gasteiger partial charge in [-0.2, -0.15) is 15.0 Å². The molecule has 0 fully saturated rings. The summed E-state index contributed by atoms with van der Waals surface area (Å²) in [5.74, 6) is 1.22. The fraction of sp³-hybridized carbons (Fsp3) is 0.400. The van der Waals surface area contributed by atoms with Crippen LogP contribution in [0.25, 0.3) is 11.4 Å². The molecule has 0 atom stereocenters. The van der Waals surface area contributed by atoms with Gasteiger partial charge in [0.1, 0.15) is 5.82 Å². The molecule has 0 bridgehead atoms. The Hall–Kier alpha value is -2.24. The average molecular weight is 289 g/mol. The van der Waals surface area contributed by atoms with Gasteiger partial charge in [-0.05, 0) is 37.1 Å². The lowest BCUT2D eigenvalue weighted by Gasteiger charge is -2.13. The largest absolute Gasteiger partial charge is 0.354 e. The van der Waals surface area contributed by atoms with E-state index in [9.17, 15) is 4.39 Å². The van der Waals surface area contributed by atoms with Crippen molar-refractivity contribution in [2.75, 3.05) is 30.9 Å². The fourth-order valence-electron chi connectivity index (χ4n) is 1.88. The smallest absolute Gasteiger partial charge is 0.230 e. The monoisotopic (exact) mass is 289 g/mol. The van der Waals surface area contributed by atoms with Crippen LogP contribution in [-0.4, -0.2) is 35.6 Å². The molecule has 5 nitrogen and oxygen atoms in total. The molecule has 0 aliphatic heterocycles. The Morgan fingerprint density at radius 3 is 2.52 bits per heavy atom. The number of nitrogens with zero attached hydrogens (tertiary/aromatic N) is 4. The molecule has 0 amide bonds. The topological polar surface area (TPSA) is 53.9 Å². The first kappa shape index (κ1) is 15.2. The molecular formula is C15H20FN5. The maximum absolute atomic E-state index is 13.6. The zero-order chi connectivity index (χ0) is 15.4. The summed E-state index contributed by atoms with van der Waals surface area (Å²) in [7, 11) is 3.72. The molecule has 21 heavy (non-hydrogen) atoms. The van der Waals surface area contributed by atoms with Crippen LogP contribution in [0.3, 0.4) is 0 Å². The summed E-state index contributed by atoms with van der Waals surface area (Å²) in [4.78, 5) is 14.9. The van der Waals surface area contributed by atoms with Crippen molar-refractivity contribution in [2.45, 2.75) is 20.3 Å². The van der Waals surface area contributed by atoms with Crippen molar-refractivity contribution in [3.8, 4) is 11.4 Å². The molecule has 2 rings (SSSR count). The molecule has 0 unspecified atom stereocenters. The van der Waals surface area contributed by atoms with Gasteiger partial charge in [-0.15, -0.1) is 0 Å². The van der Waals surface area contributed by atoms with Crippen LogP contribution in [0.1, 0.15) is 18.9 Å². The summed E-state index contributed by atoms with van der Waals surface area (Å²) in [6.07, 6.45) is 0.970. The standard InChI is InChI=1S/C15H20FN5/c1-5-6-17-14-18-13(19-15(20-14)21(3)4)11-7-10(2)8-12(16)9-11/h7-9H,5-6H2,1-4H3,(H,17,18,19,20). The van der Waals surface area contributed by atoms with E-state index in [1.54, 1.807) is 4.90 Å². The van der Waals surface area contributed by atoms with E-state index in [4.69, 9.17) is 0 Å². The van der Waals surface area contributed by atoms with Crippen molar-refractivity contribution in [3.05, 3.63) is 29.6 Å². The summed E-state index contributed by atoms with van der Waals surface area (Å²) in [5, 5.41) is 3.15. The molecule has 112 valence electrons. The van der Waals surface area contributed by atoms with Gasteiger partial charge < -0.3 is 10.2 Å². The Bertz CT molecular complexity index is 607. The van der Waals surface area contributed by atoms with E-state index >= 15 is 0 Å². The summed E-state index contributed by atoms with van der Waals surface area (Å²) >= 11 is 0. The maximum atomic E-state index is 13.6. The van der Waals surface area contributed by atoms with E-state index in [-0.39, 0.29) is 5.82 Å². The molecule has 1 aromatic carbocycles. The Labute approximate surface area is 124 Å². The van der Waals surface area contributed by atoms with E-state index in [1.807, 2.05) is 27.1 Å². The second kappa shape index (κ2) is 6.47. The Kier molecular flexibility index (Phi) is 4.67. The molecule has 1 heterocycles. The van der Waals surface area contributed by atoms with E-state index < -0.39 is 0 Å². The molecule has 0 saturated heterocycles. The quantitative estimate of drug-likeness (QED) is 0.917. The molecule has 0 radical (unpaired) electrons. The van der Waals surface area contributed by atoms with Crippen molar-refractivity contribution in [1.82, 2.24) is 15.0 Å². The van der Waals surface area contributed by atoms with Crippen molar-refractivity contribution < 1.29 is 4.39 Å². The minimum Gasteiger partial charge on any atom is -0.354 e. The highest BCUT2D eigenvalue weighted by atomic mass is 19.1. The van der Waals surface area contributed by atoms with Crippen LogP contribution in [-0.2, 0) is 0 Å². The molecule has 0 aliphatic rings. The van der Waals surface area contributed by atoms with Gasteiger partial charge in [-0.1, -0.05) is 6.92 Å². The van der Waals surface area contributed by atoms with E-state index in [1.165, 1.54) is 12.1 Å². The van der Waals surface area contributed by atoms with Crippen LogP contribution in [0.4, 0.5) is 16.3 Å². The lowest BCUT2D eigenvalue weighted by Crippen LogP contribution is -2.16. The van der Waals surface area contributed by atoms with Crippen molar-refractivity contribution in [2.24, 2.45) is 0 Å². The first-order valence-electron chi connectivity index (χ1n) is 6.94. The molecule has 0 spiro atoms. The van der Waals surface area contributed by atoms with E-state index in [0.717, 1.165) is 18.5 Å². The second-order valence-electron chi connectivity index (χ2n) is 5.12. The SMILES string of the molecule is CCCNc1nc(-c2cc(C)cc(F)c2)nc(N(C)C)n1. The maximum Gasteiger partial charge on any atom is 0.230 e. The highest BCUT2D eigenvalue weighted by Gasteiger charge is 2.11. The van der Waals surface area contributed by atoms with Crippen LogP contribution in [0.15, 0.2) is 18.2 Å². The third kappa shape index (κ3) is 3.87. The molecule has 1 aromatic heterocycles. The predicted octanol–water partition coefficient (Wildman–Crippen LogP) is 2.87. The van der Waals surface area contributed by atoms with Crippen molar-refractivity contribution in [3.63, 3.8) is 0 Å². The molecule has 1 N–H and O–H groups in total. The highest BCUT2D eigenvalue weighted by molar-refractivity contribution is 5.59. The first-order valence-corrected chi connectivity index (χ1v) is 6.94. The number of rotatable bonds is 5. The van der Waals surface area contributed by atoms with Gasteiger partial charge >= 0.3 is 0 Å². The minimum absolute atomic E-state index is 0.292. The number of nitrogens with one attached hydrogen (secondary N) is 1. The van der Waals surface area contributed by atoms with Gasteiger partial charge in [-0.25, -0.2) is 4.39 Å². The first-order chi connectivity index (χ1) is 9.99. The summed E-state index contributed by atoms with van der Waals surface area (Å²) in [6.45, 7) is 4.69. The lowest BCUT2D eigenvalue weighted by atomic mass is 10.1. The van der Waals surface area contributed by atoms with Gasteiger partial charge in [0, 0.05) is 26.2 Å². The summed E-state index contributed by atoms with van der Waals surface area (Å²) in [6, 6.07) is 4.78. The van der Waals surface area contributed by atoms with Gasteiger partial charge in [-0.3, -0.25) is 0 Å². The van der Waals surface area contributed by atoms with Crippen LogP contribution in [0.2, 0.25) is 0 Å². The third-order valence-electron chi connectivity index (χ3n) is 2.86. The van der Waals surface area contributed by atoms with Gasteiger partial charge in [0.15, 0.2) is 5.82 Å². The number of aryl methyl sites for hydroxylation is 1. The number of hydrogen-bond donors (Lipinski definition) is 1. The number of aromatic nitrogens is 3. The molecule has 2 aromatic rings. The third-order valence-corrected chi connectivity index (χ3v) is 2.86. The van der Waals surface area contributed by atoms with E-state index in [2.05, 4.69) is 27.2 Å². The second-order valence-corrected chi connectivity index (χ2v) is 5.12. The van der Waals surface area contributed by atoms with Gasteiger partial charge in [0.25, 0.3) is 0 Å². The minimum atomic E-state index is -0.292. The number of halogens is 1. The van der Waals surface area contributed by atoms with E-state index in [0.29, 0.717) is 23.3 Å². The number of benzene rings is 1. The van der Waals surface area contributed by atoms with Gasteiger partial charge in [0.05, 0.1) is 0 Å². The van der Waals surface area contributed by atoms with Crippen molar-refractivity contribution in [1.29, 1.82) is 0 Å². The highest BCUT2D eigenvalue weighted by Crippen LogP contribution is 2.21. The van der Waals surface area contributed by atoms with Crippen LogP contribution in [0, 0.1) is 12.7 Å². The Morgan fingerprint density at radius 2 is 1.90 bits per heavy atom. The Balaban J connectivity index is 2.48. The summed E-state index contributed by atoms with van der Waals surface area (Å²) in [5.41, 5.74) is 1.48. The lowest BCUT2D eigenvalue weighted by molar-refractivity contribution is 0.627. The molecular weight excluding hydrogens is 269 g/mol. The molecule has 0 aliphatic carbocycles. The van der Waals surface area contributed by atoms with Crippen molar-refractivity contribution >= 4 is 11.9 Å². The normalized spacial score (nSPS) is 10.5. The van der Waals surface area contributed by atoms with Crippen LogP contribution in [0.5, 0.6) is 0 Å². The Morgan fingerprint density at radius 1 is 1.14 bits per heavy atom. The molecule has 0 saturated carbocycles. The zero-order valence-corrected chi connectivity index (χ0v) is 12.8. The average Bonchev–Trinajstić information content (AvgIpc) is 2.43. The van der Waals surface area contributed by atoms with Crippen LogP contribution >= 0.6 is 0 Å². The number of hydrogen-bond acceptors (Lipinski definition) is 5. The zero-order valence-electron chi connectivity index (χ0n) is 12.8. The predicted molar refractivity (Wildman–Crippen MR) is 83.1 cm³/mol. The molecule has 6 heteroatoms. The number of anilines is 2. The van der Waals surface area contributed by atoms with Crippen LogP contribution < -0.4 is 10.2 Å². The summed E-state index contributed by atoms with van der Waals surface area (Å²) < 4.78 is 13.6.